The highest BCUT2D eigenvalue weighted by Gasteiger charge is 2.32. The molecule has 1 aliphatic heterocycles. The van der Waals surface area contributed by atoms with Crippen molar-refractivity contribution in [1.82, 2.24) is 5.32 Å². The first-order valence-electron chi connectivity index (χ1n) is 6.51. The molecule has 1 aliphatic rings. The second kappa shape index (κ2) is 7.05. The summed E-state index contributed by atoms with van der Waals surface area (Å²) in [6.45, 7) is 1.75. The largest absolute Gasteiger partial charge is 0.481 e. The van der Waals surface area contributed by atoms with Crippen LogP contribution in [0, 0.1) is 6.92 Å². The zero-order valence-corrected chi connectivity index (χ0v) is 12.8. The number of rotatable bonds is 5. The zero-order valence-electron chi connectivity index (χ0n) is 12.0. The maximum absolute atomic E-state index is 11.5. The number of hydrogen-bond acceptors (Lipinski definition) is 6. The third kappa shape index (κ3) is 4.39. The number of carboxylic acid groups (broad SMARTS) is 2. The average Bonchev–Trinajstić information content (AvgIpc) is 2.80. The summed E-state index contributed by atoms with van der Waals surface area (Å²) in [6.07, 6.45) is 1.15. The van der Waals surface area contributed by atoms with Gasteiger partial charge >= 0.3 is 11.9 Å². The number of amides is 1. The van der Waals surface area contributed by atoms with Gasteiger partial charge in [0.2, 0.25) is 5.91 Å². The van der Waals surface area contributed by atoms with Crippen LogP contribution in [0.3, 0.4) is 0 Å². The van der Waals surface area contributed by atoms with Crippen molar-refractivity contribution in [2.75, 3.05) is 0 Å². The van der Waals surface area contributed by atoms with Crippen molar-refractivity contribution in [2.45, 2.75) is 18.6 Å². The van der Waals surface area contributed by atoms with E-state index in [0.29, 0.717) is 5.56 Å². The molecule has 0 aliphatic carbocycles. The molecule has 1 aromatic carbocycles. The molecule has 1 unspecified atom stereocenters. The molecule has 0 bridgehead atoms. The van der Waals surface area contributed by atoms with Gasteiger partial charge in [-0.1, -0.05) is 17.8 Å². The zero-order chi connectivity index (χ0) is 17.0. The van der Waals surface area contributed by atoms with Crippen LogP contribution in [-0.2, 0) is 9.59 Å². The number of nitrogens with zero attached hydrogens (tertiary/aromatic N) is 2. The highest BCUT2D eigenvalue weighted by Crippen LogP contribution is 2.22. The summed E-state index contributed by atoms with van der Waals surface area (Å²) in [4.78, 5) is 33.0. The number of carbonyl (C=O) groups is 3. The lowest BCUT2D eigenvalue weighted by molar-refractivity contribution is -0.138. The van der Waals surface area contributed by atoms with Crippen LogP contribution in [0.15, 0.2) is 28.4 Å². The fourth-order valence-corrected chi connectivity index (χ4v) is 2.76. The number of amidine groups is 1. The SMILES string of the molecule is Cc1cc(C(=O)O)ccc1C=NN=C1NC(=O)C(CC(=O)O)S1. The standard InChI is InChI=1S/C14H13N3O5S/c1-7-4-8(13(21)22)2-3-9(7)6-15-17-14-16-12(20)10(23-14)5-11(18)19/h2-4,6,10H,5H2,1H3,(H,18,19)(H,21,22)(H,16,17,20). The van der Waals surface area contributed by atoms with Crippen LogP contribution in [0.25, 0.3) is 0 Å². The molecule has 120 valence electrons. The Labute approximate surface area is 135 Å². The summed E-state index contributed by atoms with van der Waals surface area (Å²) in [6, 6.07) is 4.58. The fourth-order valence-electron chi connectivity index (χ4n) is 1.84. The van der Waals surface area contributed by atoms with E-state index < -0.39 is 23.1 Å². The molecule has 1 fully saturated rings. The Balaban J connectivity index is 2.05. The van der Waals surface area contributed by atoms with Crippen LogP contribution in [0.1, 0.15) is 27.9 Å². The number of carbonyl (C=O) groups excluding carboxylic acids is 1. The van der Waals surface area contributed by atoms with Crippen molar-refractivity contribution in [1.29, 1.82) is 0 Å². The molecule has 2 rings (SSSR count). The quantitative estimate of drug-likeness (QED) is 0.546. The Morgan fingerprint density at radius 2 is 2.13 bits per heavy atom. The fraction of sp³-hybridized carbons (Fsp3) is 0.214. The number of aryl methyl sites for hydroxylation is 1. The monoisotopic (exact) mass is 335 g/mol. The molecule has 0 spiro atoms. The molecule has 23 heavy (non-hydrogen) atoms. The van der Waals surface area contributed by atoms with Crippen molar-refractivity contribution in [2.24, 2.45) is 10.2 Å². The van der Waals surface area contributed by atoms with E-state index in [4.69, 9.17) is 10.2 Å². The Bertz CT molecular complexity index is 729. The van der Waals surface area contributed by atoms with Gasteiger partial charge in [-0.3, -0.25) is 9.59 Å². The van der Waals surface area contributed by atoms with Crippen LogP contribution in [0.4, 0.5) is 0 Å². The predicted octanol–water partition coefficient (Wildman–Crippen LogP) is 1.09. The van der Waals surface area contributed by atoms with Gasteiger partial charge in [-0.25, -0.2) is 4.79 Å². The molecule has 1 aromatic rings. The second-order valence-electron chi connectivity index (χ2n) is 4.72. The summed E-state index contributed by atoms with van der Waals surface area (Å²) < 4.78 is 0. The van der Waals surface area contributed by atoms with E-state index in [0.717, 1.165) is 17.3 Å². The number of aromatic carboxylic acids is 1. The molecule has 1 heterocycles. The van der Waals surface area contributed by atoms with E-state index in [1.807, 2.05) is 0 Å². The summed E-state index contributed by atoms with van der Waals surface area (Å²) in [5.74, 6) is -2.48. The first-order valence-corrected chi connectivity index (χ1v) is 7.39. The van der Waals surface area contributed by atoms with E-state index in [-0.39, 0.29) is 17.2 Å². The summed E-state index contributed by atoms with van der Waals surface area (Å²) in [7, 11) is 0. The molecule has 1 amide bonds. The van der Waals surface area contributed by atoms with Gasteiger partial charge in [0.05, 0.1) is 18.2 Å². The van der Waals surface area contributed by atoms with Crippen LogP contribution < -0.4 is 5.32 Å². The maximum atomic E-state index is 11.5. The van der Waals surface area contributed by atoms with Gasteiger partial charge in [0.15, 0.2) is 5.17 Å². The van der Waals surface area contributed by atoms with Gasteiger partial charge in [-0.15, -0.1) is 5.10 Å². The number of nitrogens with one attached hydrogen (secondary N) is 1. The predicted molar refractivity (Wildman–Crippen MR) is 84.9 cm³/mol. The van der Waals surface area contributed by atoms with Crippen molar-refractivity contribution in [3.63, 3.8) is 0 Å². The topological polar surface area (TPSA) is 128 Å². The first kappa shape index (κ1) is 16.7. The molecule has 3 N–H and O–H groups in total. The van der Waals surface area contributed by atoms with Crippen LogP contribution in [-0.4, -0.2) is 44.7 Å². The van der Waals surface area contributed by atoms with Crippen molar-refractivity contribution < 1.29 is 24.6 Å². The molecule has 8 nitrogen and oxygen atoms in total. The van der Waals surface area contributed by atoms with Gasteiger partial charge in [0.1, 0.15) is 5.25 Å². The lowest BCUT2D eigenvalue weighted by Gasteiger charge is -2.00. The van der Waals surface area contributed by atoms with E-state index in [1.165, 1.54) is 18.3 Å². The summed E-state index contributed by atoms with van der Waals surface area (Å²) in [5.41, 5.74) is 1.59. The van der Waals surface area contributed by atoms with Gasteiger partial charge in [-0.2, -0.15) is 5.10 Å². The molecule has 0 radical (unpaired) electrons. The average molecular weight is 335 g/mol. The smallest absolute Gasteiger partial charge is 0.335 e. The minimum atomic E-state index is -1.06. The lowest BCUT2D eigenvalue weighted by atomic mass is 10.1. The van der Waals surface area contributed by atoms with E-state index in [1.54, 1.807) is 13.0 Å². The number of benzene rings is 1. The minimum Gasteiger partial charge on any atom is -0.481 e. The number of thioether (sulfide) groups is 1. The van der Waals surface area contributed by atoms with Crippen LogP contribution >= 0.6 is 11.8 Å². The van der Waals surface area contributed by atoms with E-state index in [9.17, 15) is 14.4 Å². The van der Waals surface area contributed by atoms with Gasteiger partial charge in [-0.05, 0) is 30.2 Å². The molecule has 0 saturated carbocycles. The minimum absolute atomic E-state index is 0.182. The summed E-state index contributed by atoms with van der Waals surface area (Å²) in [5, 5.41) is 27.2. The molecular formula is C14H13N3O5S. The van der Waals surface area contributed by atoms with Crippen molar-refractivity contribution in [3.05, 3.63) is 34.9 Å². The van der Waals surface area contributed by atoms with E-state index in [2.05, 4.69) is 15.5 Å². The van der Waals surface area contributed by atoms with Crippen molar-refractivity contribution in [3.8, 4) is 0 Å². The number of hydrogen-bond donors (Lipinski definition) is 3. The third-order valence-corrected chi connectivity index (χ3v) is 4.07. The maximum Gasteiger partial charge on any atom is 0.335 e. The molecular weight excluding hydrogens is 322 g/mol. The second-order valence-corrected chi connectivity index (χ2v) is 5.91. The summed E-state index contributed by atoms with van der Waals surface area (Å²) >= 11 is 1.01. The number of aliphatic carboxylic acids is 1. The Morgan fingerprint density at radius 1 is 1.39 bits per heavy atom. The number of carboxylic acids is 2. The third-order valence-electron chi connectivity index (χ3n) is 3.00. The van der Waals surface area contributed by atoms with Crippen LogP contribution in [0.5, 0.6) is 0 Å². The van der Waals surface area contributed by atoms with Gasteiger partial charge < -0.3 is 15.5 Å². The Hall–Kier alpha value is -2.68. The Kier molecular flexibility index (Phi) is 5.12. The van der Waals surface area contributed by atoms with Crippen LogP contribution in [0.2, 0.25) is 0 Å². The molecule has 9 heteroatoms. The van der Waals surface area contributed by atoms with Gasteiger partial charge in [0, 0.05) is 0 Å². The normalized spacial score (nSPS) is 19.3. The first-order chi connectivity index (χ1) is 10.9. The van der Waals surface area contributed by atoms with E-state index >= 15 is 0 Å². The molecule has 1 atom stereocenters. The molecule has 0 aromatic heterocycles. The lowest BCUT2D eigenvalue weighted by Crippen LogP contribution is -2.26. The highest BCUT2D eigenvalue weighted by molar-refractivity contribution is 8.15. The van der Waals surface area contributed by atoms with Gasteiger partial charge in [0.25, 0.3) is 0 Å². The highest BCUT2D eigenvalue weighted by atomic mass is 32.2. The Morgan fingerprint density at radius 3 is 2.74 bits per heavy atom. The molecule has 1 saturated heterocycles. The van der Waals surface area contributed by atoms with Crippen molar-refractivity contribution >= 4 is 41.0 Å².